The molecule has 4 nitrogen and oxygen atoms in total. The molecule has 0 saturated carbocycles. The molecule has 3 rings (SSSR count). The first kappa shape index (κ1) is 20.6. The smallest absolute Gasteiger partial charge is 0.329 e. The summed E-state index contributed by atoms with van der Waals surface area (Å²) in [5.74, 6) is -3.60. The average molecular weight is 451 g/mol. The van der Waals surface area contributed by atoms with Gasteiger partial charge in [-0.2, -0.15) is 18.2 Å². The number of halogens is 6. The summed E-state index contributed by atoms with van der Waals surface area (Å²) in [6, 6.07) is 8.10. The summed E-state index contributed by atoms with van der Waals surface area (Å²) in [4.78, 5) is 16.0. The van der Waals surface area contributed by atoms with Gasteiger partial charge in [0, 0.05) is 10.5 Å². The van der Waals surface area contributed by atoms with Crippen molar-refractivity contribution in [1.29, 1.82) is 0 Å². The first-order valence-electron chi connectivity index (χ1n) is 7.47. The molecule has 0 aliphatic carbocycles. The van der Waals surface area contributed by atoms with Gasteiger partial charge in [-0.05, 0) is 24.3 Å². The minimum atomic E-state index is -4.81. The molecule has 0 spiro atoms. The van der Waals surface area contributed by atoms with Crippen molar-refractivity contribution in [2.45, 2.75) is 11.1 Å². The van der Waals surface area contributed by atoms with E-state index in [0.717, 1.165) is 23.9 Å². The van der Waals surface area contributed by atoms with Gasteiger partial charge in [-0.3, -0.25) is 4.79 Å². The van der Waals surface area contributed by atoms with Crippen LogP contribution < -0.4 is 0 Å². The number of nitrogens with zero attached hydrogens (tertiary/aromatic N) is 2. The lowest BCUT2D eigenvalue weighted by Crippen LogP contribution is -2.06. The quantitative estimate of drug-likeness (QED) is 0.264. The molecule has 0 N–H and O–H groups in total. The molecule has 0 bridgehead atoms. The Bertz CT molecular complexity index is 1020. The molecule has 0 aliphatic rings. The van der Waals surface area contributed by atoms with E-state index in [-0.39, 0.29) is 16.9 Å². The Labute approximate surface area is 169 Å². The minimum absolute atomic E-state index is 0.0601. The zero-order valence-electron chi connectivity index (χ0n) is 13.6. The maximum atomic E-state index is 14.3. The van der Waals surface area contributed by atoms with Crippen molar-refractivity contribution in [2.24, 2.45) is 0 Å². The molecule has 3 aromatic rings. The van der Waals surface area contributed by atoms with Gasteiger partial charge in [0.2, 0.25) is 5.82 Å². The first-order valence-corrected chi connectivity index (χ1v) is 9.22. The van der Waals surface area contributed by atoms with E-state index in [9.17, 15) is 22.4 Å². The van der Waals surface area contributed by atoms with E-state index in [1.165, 1.54) is 6.07 Å². The number of aromatic nitrogens is 2. The Morgan fingerprint density at radius 3 is 2.39 bits per heavy atom. The second kappa shape index (κ2) is 8.10. The van der Waals surface area contributed by atoms with Crippen LogP contribution >= 0.6 is 35.0 Å². The van der Waals surface area contributed by atoms with Gasteiger partial charge in [0.1, 0.15) is 5.82 Å². The van der Waals surface area contributed by atoms with Gasteiger partial charge in [0.15, 0.2) is 5.78 Å². The van der Waals surface area contributed by atoms with Gasteiger partial charge >= 0.3 is 12.1 Å². The Morgan fingerprint density at radius 2 is 1.82 bits per heavy atom. The van der Waals surface area contributed by atoms with Crippen molar-refractivity contribution >= 4 is 40.7 Å². The Kier molecular flexibility index (Phi) is 5.97. The van der Waals surface area contributed by atoms with Crippen LogP contribution in [0, 0.1) is 5.82 Å². The summed E-state index contributed by atoms with van der Waals surface area (Å²) in [6.07, 6.45) is -4.81. The minimum Gasteiger partial charge on any atom is -0.329 e. The molecule has 1 heterocycles. The van der Waals surface area contributed by atoms with E-state index in [1.54, 1.807) is 18.2 Å². The summed E-state index contributed by atoms with van der Waals surface area (Å²) < 4.78 is 56.0. The van der Waals surface area contributed by atoms with Crippen LogP contribution in [0.3, 0.4) is 0 Å². The molecule has 0 saturated heterocycles. The molecule has 0 radical (unpaired) electrons. The third kappa shape index (κ3) is 4.48. The van der Waals surface area contributed by atoms with Crippen molar-refractivity contribution in [3.63, 3.8) is 0 Å². The highest BCUT2D eigenvalue weighted by Crippen LogP contribution is 2.34. The van der Waals surface area contributed by atoms with Crippen LogP contribution in [-0.4, -0.2) is 21.7 Å². The molecule has 2 aromatic carbocycles. The number of alkyl halides is 3. The molecular weight excluding hydrogens is 443 g/mol. The van der Waals surface area contributed by atoms with E-state index in [0.29, 0.717) is 14.9 Å². The van der Waals surface area contributed by atoms with E-state index in [4.69, 9.17) is 23.2 Å². The largest absolute Gasteiger partial charge is 0.471 e. The van der Waals surface area contributed by atoms with Gasteiger partial charge in [-0.25, -0.2) is 4.39 Å². The zero-order valence-corrected chi connectivity index (χ0v) is 15.9. The summed E-state index contributed by atoms with van der Waals surface area (Å²) in [5.41, 5.74) is -0.297. The monoisotopic (exact) mass is 450 g/mol. The third-order valence-corrected chi connectivity index (χ3v) is 5.45. The molecule has 0 amide bonds. The normalized spacial score (nSPS) is 11.6. The van der Waals surface area contributed by atoms with E-state index in [2.05, 4.69) is 14.7 Å². The number of hydrogen-bond acceptors (Lipinski definition) is 5. The standard InChI is InChI=1S/C17H8Cl2F4N2O2S/c18-10-2-1-3-11(19)14(10)28-7-13(26)9-5-4-8(6-12(9)20)15-24-16(27-25-15)17(21,22)23/h1-6H,7H2. The van der Waals surface area contributed by atoms with Crippen LogP contribution in [0.4, 0.5) is 17.6 Å². The maximum Gasteiger partial charge on any atom is 0.471 e. The van der Waals surface area contributed by atoms with E-state index < -0.39 is 29.5 Å². The predicted molar refractivity (Wildman–Crippen MR) is 96.2 cm³/mol. The van der Waals surface area contributed by atoms with Crippen LogP contribution in [0.25, 0.3) is 11.4 Å². The van der Waals surface area contributed by atoms with E-state index >= 15 is 0 Å². The van der Waals surface area contributed by atoms with Crippen LogP contribution in [0.2, 0.25) is 10.0 Å². The van der Waals surface area contributed by atoms with Gasteiger partial charge in [0.25, 0.3) is 0 Å². The third-order valence-electron chi connectivity index (χ3n) is 3.46. The fraction of sp³-hybridized carbons (Fsp3) is 0.118. The van der Waals surface area contributed by atoms with Crippen LogP contribution in [0.1, 0.15) is 16.2 Å². The first-order chi connectivity index (χ1) is 13.2. The molecule has 0 unspecified atom stereocenters. The molecule has 28 heavy (non-hydrogen) atoms. The predicted octanol–water partition coefficient (Wildman–Crippen LogP) is 6.18. The number of thioether (sulfide) groups is 1. The zero-order chi connectivity index (χ0) is 20.5. The number of benzene rings is 2. The molecule has 11 heteroatoms. The second-order valence-electron chi connectivity index (χ2n) is 5.38. The second-order valence-corrected chi connectivity index (χ2v) is 7.18. The molecule has 146 valence electrons. The number of Topliss-reactive ketones (excluding diaryl/α,β-unsaturated/α-hetero) is 1. The van der Waals surface area contributed by atoms with E-state index in [1.807, 2.05) is 0 Å². The van der Waals surface area contributed by atoms with Crippen LogP contribution in [0.15, 0.2) is 45.8 Å². The van der Waals surface area contributed by atoms with Crippen molar-refractivity contribution in [2.75, 3.05) is 5.75 Å². The summed E-state index contributed by atoms with van der Waals surface area (Å²) in [5, 5.41) is 3.89. The van der Waals surface area contributed by atoms with Crippen LogP contribution in [-0.2, 0) is 6.18 Å². The van der Waals surface area contributed by atoms with Crippen LogP contribution in [0.5, 0.6) is 0 Å². The highest BCUT2D eigenvalue weighted by atomic mass is 35.5. The number of ketones is 1. The lowest BCUT2D eigenvalue weighted by atomic mass is 10.1. The van der Waals surface area contributed by atoms with Crippen molar-refractivity contribution in [3.05, 3.63) is 63.7 Å². The van der Waals surface area contributed by atoms with Gasteiger partial charge in [-0.15, -0.1) is 11.8 Å². The molecule has 0 atom stereocenters. The summed E-state index contributed by atoms with van der Waals surface area (Å²) >= 11 is 13.1. The summed E-state index contributed by atoms with van der Waals surface area (Å²) in [7, 11) is 0. The molecule has 0 aliphatic heterocycles. The van der Waals surface area contributed by atoms with Crippen molar-refractivity contribution in [3.8, 4) is 11.4 Å². The fourth-order valence-corrected chi connectivity index (χ4v) is 3.74. The molecular formula is C17H8Cl2F4N2O2S. The number of carbonyl (C=O) groups excluding carboxylic acids is 1. The average Bonchev–Trinajstić information content (AvgIpc) is 3.11. The Balaban J connectivity index is 1.77. The number of rotatable bonds is 5. The van der Waals surface area contributed by atoms with Crippen molar-refractivity contribution < 1.29 is 26.9 Å². The fourth-order valence-electron chi connectivity index (χ4n) is 2.17. The number of hydrogen-bond donors (Lipinski definition) is 0. The lowest BCUT2D eigenvalue weighted by Gasteiger charge is -2.07. The highest BCUT2D eigenvalue weighted by molar-refractivity contribution is 8.00. The lowest BCUT2D eigenvalue weighted by molar-refractivity contribution is -0.159. The highest BCUT2D eigenvalue weighted by Gasteiger charge is 2.38. The maximum absolute atomic E-state index is 14.3. The Morgan fingerprint density at radius 1 is 1.14 bits per heavy atom. The molecule has 1 aromatic heterocycles. The SMILES string of the molecule is O=C(CSc1c(Cl)cccc1Cl)c1ccc(-c2noc(C(F)(F)F)n2)cc1F. The summed E-state index contributed by atoms with van der Waals surface area (Å²) in [6.45, 7) is 0. The van der Waals surface area contributed by atoms with Gasteiger partial charge < -0.3 is 4.52 Å². The molecule has 0 fully saturated rings. The van der Waals surface area contributed by atoms with Gasteiger partial charge in [0.05, 0.1) is 21.4 Å². The van der Waals surface area contributed by atoms with Gasteiger partial charge in [-0.1, -0.05) is 40.5 Å². The topological polar surface area (TPSA) is 56.0 Å². The van der Waals surface area contributed by atoms with Crippen molar-refractivity contribution in [1.82, 2.24) is 10.1 Å². The Hall–Kier alpha value is -2.10. The number of carbonyl (C=O) groups is 1.